The van der Waals surface area contributed by atoms with E-state index >= 15 is 0 Å². The molecule has 4 heteroatoms. The van der Waals surface area contributed by atoms with Crippen LogP contribution in [0.5, 0.6) is 0 Å². The molecule has 1 aromatic heterocycles. The molecule has 0 saturated carbocycles. The van der Waals surface area contributed by atoms with Gasteiger partial charge in [0.1, 0.15) is 0 Å². The minimum atomic E-state index is 0.469. The van der Waals surface area contributed by atoms with E-state index in [1.807, 2.05) is 12.1 Å². The fourth-order valence-electron chi connectivity index (χ4n) is 2.90. The Morgan fingerprint density at radius 3 is 2.29 bits per heavy atom. The molecule has 0 bridgehead atoms. The van der Waals surface area contributed by atoms with Gasteiger partial charge in [-0.05, 0) is 48.2 Å². The van der Waals surface area contributed by atoms with Crippen molar-refractivity contribution < 1.29 is 4.42 Å². The lowest BCUT2D eigenvalue weighted by Gasteiger charge is -2.13. The molecule has 21 heavy (non-hydrogen) atoms. The summed E-state index contributed by atoms with van der Waals surface area (Å²) < 4.78 is 5.19. The minimum Gasteiger partial charge on any atom is -0.423 e. The van der Waals surface area contributed by atoms with Crippen molar-refractivity contribution in [3.8, 4) is 11.5 Å². The van der Waals surface area contributed by atoms with Crippen LogP contribution in [0.15, 0.2) is 59.3 Å². The first-order chi connectivity index (χ1) is 10.4. The third-order valence-corrected chi connectivity index (χ3v) is 3.91. The molecule has 3 aromatic rings. The maximum absolute atomic E-state index is 5.19. The summed E-state index contributed by atoms with van der Waals surface area (Å²) >= 11 is 0. The van der Waals surface area contributed by atoms with Crippen molar-refractivity contribution in [1.82, 2.24) is 10.2 Å². The molecule has 0 radical (unpaired) electrons. The Labute approximate surface area is 122 Å². The van der Waals surface area contributed by atoms with Crippen molar-refractivity contribution in [3.63, 3.8) is 0 Å². The molecular formula is C17H15N3O. The minimum absolute atomic E-state index is 0.469. The average molecular weight is 277 g/mol. The number of aromatic nitrogens is 2. The molecule has 0 fully saturated rings. The number of rotatable bonds is 3. The first kappa shape index (κ1) is 12.1. The number of nitrogens with one attached hydrogen (secondary N) is 1. The Kier molecular flexibility index (Phi) is 2.92. The van der Waals surface area contributed by atoms with Crippen molar-refractivity contribution in [1.29, 1.82) is 0 Å². The van der Waals surface area contributed by atoms with E-state index in [9.17, 15) is 0 Å². The number of hydrogen-bond acceptors (Lipinski definition) is 4. The Bertz CT molecular complexity index is 710. The van der Waals surface area contributed by atoms with Crippen molar-refractivity contribution in [3.05, 3.63) is 66.1 Å². The van der Waals surface area contributed by atoms with Gasteiger partial charge in [-0.2, -0.15) is 0 Å². The molecule has 1 aliphatic carbocycles. The van der Waals surface area contributed by atoms with Crippen LogP contribution in [-0.2, 0) is 12.8 Å². The topological polar surface area (TPSA) is 51.0 Å². The Morgan fingerprint density at radius 1 is 0.952 bits per heavy atom. The van der Waals surface area contributed by atoms with Gasteiger partial charge in [0.2, 0.25) is 12.3 Å². The van der Waals surface area contributed by atoms with Crippen LogP contribution >= 0.6 is 0 Å². The molecule has 1 aliphatic rings. The predicted molar refractivity (Wildman–Crippen MR) is 81.0 cm³/mol. The van der Waals surface area contributed by atoms with Crippen LogP contribution in [0.25, 0.3) is 11.5 Å². The summed E-state index contributed by atoms with van der Waals surface area (Å²) in [5.74, 6) is 0.551. The van der Waals surface area contributed by atoms with E-state index in [1.54, 1.807) is 0 Å². The first-order valence-electron chi connectivity index (χ1n) is 7.08. The van der Waals surface area contributed by atoms with Gasteiger partial charge >= 0.3 is 0 Å². The van der Waals surface area contributed by atoms with Crippen molar-refractivity contribution in [2.45, 2.75) is 18.9 Å². The highest BCUT2D eigenvalue weighted by atomic mass is 16.4. The molecule has 4 rings (SSSR count). The fourth-order valence-corrected chi connectivity index (χ4v) is 2.90. The molecule has 0 amide bonds. The summed E-state index contributed by atoms with van der Waals surface area (Å²) in [6.07, 6.45) is 3.51. The molecule has 0 saturated heterocycles. The van der Waals surface area contributed by atoms with Crippen LogP contribution in [-0.4, -0.2) is 16.2 Å². The number of hydrogen-bond donors (Lipinski definition) is 1. The third-order valence-electron chi connectivity index (χ3n) is 3.91. The van der Waals surface area contributed by atoms with Gasteiger partial charge in [-0.1, -0.05) is 24.3 Å². The van der Waals surface area contributed by atoms with Crippen LogP contribution in [0.3, 0.4) is 0 Å². The SMILES string of the molecule is c1ccc2c(c1)CC(Nc1ccc(-c3nnco3)cc1)C2. The second-order valence-corrected chi connectivity index (χ2v) is 5.34. The molecule has 104 valence electrons. The smallest absolute Gasteiger partial charge is 0.247 e. The van der Waals surface area contributed by atoms with Crippen LogP contribution in [0.2, 0.25) is 0 Å². The van der Waals surface area contributed by atoms with Crippen molar-refractivity contribution in [2.24, 2.45) is 0 Å². The second-order valence-electron chi connectivity index (χ2n) is 5.34. The number of fused-ring (bicyclic) bond motifs is 1. The quantitative estimate of drug-likeness (QED) is 0.798. The lowest BCUT2D eigenvalue weighted by Crippen LogP contribution is -2.19. The molecule has 0 unspecified atom stereocenters. The molecule has 1 heterocycles. The summed E-state index contributed by atoms with van der Waals surface area (Å²) in [5.41, 5.74) is 4.97. The molecule has 0 atom stereocenters. The average Bonchev–Trinajstić information content (AvgIpc) is 3.17. The van der Waals surface area contributed by atoms with Gasteiger partial charge in [0.05, 0.1) is 0 Å². The largest absolute Gasteiger partial charge is 0.423 e. The van der Waals surface area contributed by atoms with E-state index < -0.39 is 0 Å². The van der Waals surface area contributed by atoms with Crippen LogP contribution < -0.4 is 5.32 Å². The number of anilines is 1. The standard InChI is InChI=1S/C17H15N3O/c1-2-4-14-10-16(9-13(14)3-1)19-15-7-5-12(6-8-15)17-20-18-11-21-17/h1-8,11,16,19H,9-10H2. The van der Waals surface area contributed by atoms with Gasteiger partial charge in [0.15, 0.2) is 0 Å². The summed E-state index contributed by atoms with van der Waals surface area (Å²) in [6, 6.07) is 17.2. The highest BCUT2D eigenvalue weighted by Gasteiger charge is 2.20. The van der Waals surface area contributed by atoms with E-state index in [4.69, 9.17) is 4.42 Å². The second kappa shape index (κ2) is 5.05. The summed E-state index contributed by atoms with van der Waals surface area (Å²) in [5, 5.41) is 11.2. The van der Waals surface area contributed by atoms with Crippen molar-refractivity contribution >= 4 is 5.69 Å². The van der Waals surface area contributed by atoms with Crippen molar-refractivity contribution in [2.75, 3.05) is 5.32 Å². The zero-order valence-electron chi connectivity index (χ0n) is 11.5. The Morgan fingerprint density at radius 2 is 1.67 bits per heavy atom. The fraction of sp³-hybridized carbons (Fsp3) is 0.176. The highest BCUT2D eigenvalue weighted by molar-refractivity contribution is 5.58. The van der Waals surface area contributed by atoms with Crippen LogP contribution in [0, 0.1) is 0 Å². The maximum Gasteiger partial charge on any atom is 0.247 e. The zero-order valence-corrected chi connectivity index (χ0v) is 11.5. The monoisotopic (exact) mass is 277 g/mol. The Hall–Kier alpha value is -2.62. The Balaban J connectivity index is 1.47. The van der Waals surface area contributed by atoms with Crippen LogP contribution in [0.4, 0.5) is 5.69 Å². The zero-order chi connectivity index (χ0) is 14.1. The van der Waals surface area contributed by atoms with Gasteiger partial charge in [0, 0.05) is 17.3 Å². The molecule has 2 aromatic carbocycles. The van der Waals surface area contributed by atoms with E-state index in [0.717, 1.165) is 24.1 Å². The van der Waals surface area contributed by atoms with Crippen LogP contribution in [0.1, 0.15) is 11.1 Å². The van der Waals surface area contributed by atoms with Gasteiger partial charge in [-0.15, -0.1) is 10.2 Å². The van der Waals surface area contributed by atoms with E-state index in [0.29, 0.717) is 11.9 Å². The van der Waals surface area contributed by atoms with Gasteiger partial charge in [-0.25, -0.2) is 0 Å². The first-order valence-corrected chi connectivity index (χ1v) is 7.08. The summed E-state index contributed by atoms with van der Waals surface area (Å²) in [4.78, 5) is 0. The predicted octanol–water partition coefficient (Wildman–Crippen LogP) is 3.32. The van der Waals surface area contributed by atoms with Gasteiger partial charge in [-0.3, -0.25) is 0 Å². The lowest BCUT2D eigenvalue weighted by molar-refractivity contribution is 0.568. The van der Waals surface area contributed by atoms with E-state index in [-0.39, 0.29) is 0 Å². The molecular weight excluding hydrogens is 262 g/mol. The lowest BCUT2D eigenvalue weighted by atomic mass is 10.1. The van der Waals surface area contributed by atoms with E-state index in [2.05, 4.69) is 51.9 Å². The maximum atomic E-state index is 5.19. The molecule has 1 N–H and O–H groups in total. The molecule has 4 nitrogen and oxygen atoms in total. The van der Waals surface area contributed by atoms with Gasteiger partial charge < -0.3 is 9.73 Å². The molecule has 0 aliphatic heterocycles. The number of benzene rings is 2. The van der Waals surface area contributed by atoms with Gasteiger partial charge in [0.25, 0.3) is 0 Å². The molecule has 0 spiro atoms. The summed E-state index contributed by atoms with van der Waals surface area (Å²) in [6.45, 7) is 0. The normalized spacial score (nSPS) is 14.1. The highest BCUT2D eigenvalue weighted by Crippen LogP contribution is 2.25. The summed E-state index contributed by atoms with van der Waals surface area (Å²) in [7, 11) is 0. The third kappa shape index (κ3) is 2.40. The van der Waals surface area contributed by atoms with E-state index in [1.165, 1.54) is 17.5 Å². The number of nitrogens with zero attached hydrogens (tertiary/aromatic N) is 2.